The molecule has 0 bridgehead atoms. The molecule has 0 aromatic heterocycles. The minimum absolute atomic E-state index is 0.346. The zero-order chi connectivity index (χ0) is 7.45. The van der Waals surface area contributed by atoms with E-state index in [-0.39, 0.29) is 5.79 Å². The lowest BCUT2D eigenvalue weighted by molar-refractivity contribution is -0.138. The van der Waals surface area contributed by atoms with Gasteiger partial charge in [-0.1, -0.05) is 28.7 Å². The Kier molecular flexibility index (Phi) is 3.13. The smallest absolute Gasteiger partial charge is 0.169 e. The van der Waals surface area contributed by atoms with Crippen LogP contribution in [0, 0.1) is 0 Å². The van der Waals surface area contributed by atoms with Crippen molar-refractivity contribution in [2.24, 2.45) is 0 Å². The molecule has 0 spiro atoms. The van der Waals surface area contributed by atoms with Crippen molar-refractivity contribution in [1.29, 1.82) is 0 Å². The third kappa shape index (κ3) is 2.21. The topological polar surface area (TPSA) is 18.5 Å². The number of hydrogen-bond donors (Lipinski definition) is 0. The van der Waals surface area contributed by atoms with Crippen molar-refractivity contribution in [3.05, 3.63) is 10.2 Å². The van der Waals surface area contributed by atoms with Gasteiger partial charge in [0.1, 0.15) is 0 Å². The molecule has 0 atom stereocenters. The molecule has 1 rings (SSSR count). The second-order valence-corrected chi connectivity index (χ2v) is 3.12. The first kappa shape index (κ1) is 8.49. The molecular formula is C7H11IO2. The summed E-state index contributed by atoms with van der Waals surface area (Å²) in [5.74, 6) is -0.346. The Labute approximate surface area is 74.7 Å². The lowest BCUT2D eigenvalue weighted by Gasteiger charge is -2.19. The summed E-state index contributed by atoms with van der Waals surface area (Å²) in [6, 6.07) is 0. The van der Waals surface area contributed by atoms with E-state index in [0.29, 0.717) is 0 Å². The van der Waals surface area contributed by atoms with Crippen LogP contribution in [0.25, 0.3) is 0 Å². The van der Waals surface area contributed by atoms with Crippen molar-refractivity contribution < 1.29 is 9.47 Å². The van der Waals surface area contributed by atoms with Gasteiger partial charge >= 0.3 is 0 Å². The zero-order valence-corrected chi connectivity index (χ0v) is 8.13. The highest BCUT2D eigenvalue weighted by Gasteiger charge is 2.28. The van der Waals surface area contributed by atoms with E-state index in [1.165, 1.54) is 0 Å². The van der Waals surface area contributed by atoms with Gasteiger partial charge in [0.2, 0.25) is 0 Å². The van der Waals surface area contributed by atoms with Gasteiger partial charge in [-0.3, -0.25) is 0 Å². The van der Waals surface area contributed by atoms with E-state index in [1.54, 1.807) is 0 Å². The minimum Gasteiger partial charge on any atom is -0.348 e. The second kappa shape index (κ2) is 3.69. The fraction of sp³-hybridized carbons (Fsp3) is 0.714. The molecule has 0 radical (unpaired) electrons. The highest BCUT2D eigenvalue weighted by Crippen LogP contribution is 2.22. The number of halogens is 1. The number of rotatable bonds is 2. The van der Waals surface area contributed by atoms with Gasteiger partial charge in [-0.25, -0.2) is 0 Å². The van der Waals surface area contributed by atoms with Crippen molar-refractivity contribution in [1.82, 2.24) is 0 Å². The summed E-state index contributed by atoms with van der Waals surface area (Å²) in [6.45, 7) is 3.42. The van der Waals surface area contributed by atoms with Crippen LogP contribution in [0.1, 0.15) is 13.3 Å². The zero-order valence-electron chi connectivity index (χ0n) is 5.97. The normalized spacial score (nSPS) is 24.2. The largest absolute Gasteiger partial charge is 0.348 e. The van der Waals surface area contributed by atoms with E-state index in [0.717, 1.165) is 19.6 Å². The summed E-state index contributed by atoms with van der Waals surface area (Å²) in [6.07, 6.45) is 2.89. The summed E-state index contributed by atoms with van der Waals surface area (Å²) in [5.41, 5.74) is 0. The van der Waals surface area contributed by atoms with Crippen LogP contribution in [0.3, 0.4) is 0 Å². The molecule has 1 fully saturated rings. The van der Waals surface area contributed by atoms with Crippen molar-refractivity contribution in [2.45, 2.75) is 19.1 Å². The van der Waals surface area contributed by atoms with Gasteiger partial charge in [-0.15, -0.1) is 0 Å². The summed E-state index contributed by atoms with van der Waals surface area (Å²) < 4.78 is 12.7. The predicted octanol–water partition coefficient (Wildman–Crippen LogP) is 2.09. The molecule has 1 saturated heterocycles. The summed E-state index contributed by atoms with van der Waals surface area (Å²) in [7, 11) is 0. The van der Waals surface area contributed by atoms with Gasteiger partial charge in [-0.2, -0.15) is 0 Å². The fourth-order valence-electron chi connectivity index (χ4n) is 0.933. The Morgan fingerprint density at radius 3 is 2.60 bits per heavy atom. The van der Waals surface area contributed by atoms with Crippen molar-refractivity contribution >= 4 is 22.6 Å². The fourth-order valence-corrected chi connectivity index (χ4v) is 1.19. The van der Waals surface area contributed by atoms with Crippen molar-refractivity contribution in [3.63, 3.8) is 0 Å². The number of ether oxygens (including phenoxy) is 2. The van der Waals surface area contributed by atoms with Crippen molar-refractivity contribution in [3.8, 4) is 0 Å². The molecule has 0 aliphatic carbocycles. The maximum Gasteiger partial charge on any atom is 0.169 e. The monoisotopic (exact) mass is 254 g/mol. The van der Waals surface area contributed by atoms with Crippen LogP contribution in [0.2, 0.25) is 0 Å². The van der Waals surface area contributed by atoms with Crippen LogP contribution >= 0.6 is 22.6 Å². The van der Waals surface area contributed by atoms with E-state index < -0.39 is 0 Å². The molecule has 2 nitrogen and oxygen atoms in total. The predicted molar refractivity (Wildman–Crippen MR) is 48.1 cm³/mol. The lowest BCUT2D eigenvalue weighted by atomic mass is 10.2. The van der Waals surface area contributed by atoms with Gasteiger partial charge < -0.3 is 9.47 Å². The maximum atomic E-state index is 5.37. The summed E-state index contributed by atoms with van der Waals surface area (Å²) in [4.78, 5) is 0. The molecule has 58 valence electrons. The van der Waals surface area contributed by atoms with Gasteiger partial charge in [0.25, 0.3) is 0 Å². The van der Waals surface area contributed by atoms with Crippen LogP contribution in [0.15, 0.2) is 10.2 Å². The molecule has 0 amide bonds. The standard InChI is InChI=1S/C7H11IO2/c1-7(3-2-4-8)9-5-6-10-7/h2,4H,3,5-6H2,1H3. The Hall–Kier alpha value is 0.390. The molecule has 0 saturated carbocycles. The van der Waals surface area contributed by atoms with Gasteiger partial charge in [0, 0.05) is 6.42 Å². The van der Waals surface area contributed by atoms with E-state index in [4.69, 9.17) is 9.47 Å². The van der Waals surface area contributed by atoms with Crippen molar-refractivity contribution in [2.75, 3.05) is 13.2 Å². The first-order valence-corrected chi connectivity index (χ1v) is 4.54. The molecule has 1 heterocycles. The highest BCUT2D eigenvalue weighted by molar-refractivity contribution is 14.1. The van der Waals surface area contributed by atoms with E-state index >= 15 is 0 Å². The first-order valence-electron chi connectivity index (χ1n) is 3.30. The van der Waals surface area contributed by atoms with E-state index in [1.807, 2.05) is 17.1 Å². The third-order valence-electron chi connectivity index (χ3n) is 1.48. The molecule has 1 aliphatic rings. The number of hydrogen-bond acceptors (Lipinski definition) is 2. The van der Waals surface area contributed by atoms with Gasteiger partial charge in [0.15, 0.2) is 5.79 Å². The molecule has 0 aromatic rings. The van der Waals surface area contributed by atoms with E-state index in [9.17, 15) is 0 Å². The second-order valence-electron chi connectivity index (χ2n) is 2.40. The van der Waals surface area contributed by atoms with Crippen LogP contribution in [-0.4, -0.2) is 19.0 Å². The van der Waals surface area contributed by atoms with Crippen LogP contribution in [0.4, 0.5) is 0 Å². The molecule has 0 unspecified atom stereocenters. The Morgan fingerprint density at radius 2 is 2.10 bits per heavy atom. The lowest BCUT2D eigenvalue weighted by Crippen LogP contribution is -2.23. The first-order chi connectivity index (χ1) is 4.77. The average molecular weight is 254 g/mol. The quantitative estimate of drug-likeness (QED) is 0.702. The summed E-state index contributed by atoms with van der Waals surface area (Å²) in [5, 5.41) is 0. The van der Waals surface area contributed by atoms with Crippen LogP contribution < -0.4 is 0 Å². The Balaban J connectivity index is 2.35. The molecule has 0 N–H and O–H groups in total. The minimum atomic E-state index is -0.346. The molecule has 1 aliphatic heterocycles. The SMILES string of the molecule is CC1(CC=CI)OCCO1. The molecular weight excluding hydrogens is 243 g/mol. The Bertz CT molecular complexity index is 128. The Morgan fingerprint density at radius 1 is 1.50 bits per heavy atom. The van der Waals surface area contributed by atoms with Crippen LogP contribution in [-0.2, 0) is 9.47 Å². The van der Waals surface area contributed by atoms with E-state index in [2.05, 4.69) is 22.6 Å². The third-order valence-corrected chi connectivity index (χ3v) is 1.98. The average Bonchev–Trinajstić information content (AvgIpc) is 2.33. The maximum absolute atomic E-state index is 5.37. The van der Waals surface area contributed by atoms with Gasteiger partial charge in [-0.05, 0) is 11.0 Å². The molecule has 10 heavy (non-hydrogen) atoms. The van der Waals surface area contributed by atoms with Gasteiger partial charge in [0.05, 0.1) is 13.2 Å². The highest BCUT2D eigenvalue weighted by atomic mass is 127. The molecule has 0 aromatic carbocycles. The molecule has 3 heteroatoms. The summed E-state index contributed by atoms with van der Waals surface area (Å²) >= 11 is 2.19. The van der Waals surface area contributed by atoms with Crippen LogP contribution in [0.5, 0.6) is 0 Å².